The minimum absolute atomic E-state index is 0.0571. The second-order valence-electron chi connectivity index (χ2n) is 4.22. The van der Waals surface area contributed by atoms with Crippen LogP contribution in [0.25, 0.3) is 0 Å². The van der Waals surface area contributed by atoms with Gasteiger partial charge < -0.3 is 20.8 Å². The molecule has 92 valence electrons. The first-order chi connectivity index (χ1) is 8.16. The Balaban J connectivity index is 2.03. The SMILES string of the molecule is O=C(NC1CCCNC1)c1ccc(O)cc1O. The van der Waals surface area contributed by atoms with E-state index in [1.54, 1.807) is 0 Å². The van der Waals surface area contributed by atoms with Crippen molar-refractivity contribution in [3.05, 3.63) is 23.8 Å². The Hall–Kier alpha value is -1.75. The number of carbonyl (C=O) groups is 1. The van der Waals surface area contributed by atoms with Gasteiger partial charge in [-0.15, -0.1) is 0 Å². The fourth-order valence-electron chi connectivity index (χ4n) is 1.95. The summed E-state index contributed by atoms with van der Waals surface area (Å²) in [5.41, 5.74) is 0.188. The van der Waals surface area contributed by atoms with E-state index in [4.69, 9.17) is 5.11 Å². The van der Waals surface area contributed by atoms with Gasteiger partial charge in [-0.25, -0.2) is 0 Å². The molecule has 0 aliphatic carbocycles. The molecule has 2 rings (SSSR count). The number of piperidine rings is 1. The van der Waals surface area contributed by atoms with Gasteiger partial charge in [0.25, 0.3) is 5.91 Å². The highest BCUT2D eigenvalue weighted by molar-refractivity contribution is 5.97. The molecule has 1 aromatic rings. The highest BCUT2D eigenvalue weighted by atomic mass is 16.3. The summed E-state index contributed by atoms with van der Waals surface area (Å²) in [7, 11) is 0. The van der Waals surface area contributed by atoms with E-state index in [0.717, 1.165) is 32.0 Å². The van der Waals surface area contributed by atoms with Gasteiger partial charge in [-0.2, -0.15) is 0 Å². The maximum Gasteiger partial charge on any atom is 0.255 e. The molecule has 1 amide bonds. The van der Waals surface area contributed by atoms with Crippen LogP contribution < -0.4 is 10.6 Å². The molecule has 1 saturated heterocycles. The molecule has 17 heavy (non-hydrogen) atoms. The van der Waals surface area contributed by atoms with Gasteiger partial charge in [0.2, 0.25) is 0 Å². The zero-order chi connectivity index (χ0) is 12.3. The molecule has 1 atom stereocenters. The number of hydrogen-bond donors (Lipinski definition) is 4. The Morgan fingerprint density at radius 2 is 2.24 bits per heavy atom. The summed E-state index contributed by atoms with van der Waals surface area (Å²) in [5.74, 6) is -0.569. The van der Waals surface area contributed by atoms with Crippen LogP contribution in [-0.2, 0) is 0 Å². The molecule has 5 nitrogen and oxygen atoms in total. The summed E-state index contributed by atoms with van der Waals surface area (Å²) in [6.45, 7) is 1.74. The third-order valence-electron chi connectivity index (χ3n) is 2.86. The first-order valence-electron chi connectivity index (χ1n) is 5.70. The van der Waals surface area contributed by atoms with E-state index in [-0.39, 0.29) is 29.0 Å². The minimum Gasteiger partial charge on any atom is -0.508 e. The lowest BCUT2D eigenvalue weighted by molar-refractivity contribution is 0.0928. The van der Waals surface area contributed by atoms with Gasteiger partial charge in [0.05, 0.1) is 5.56 Å². The van der Waals surface area contributed by atoms with Crippen molar-refractivity contribution in [2.24, 2.45) is 0 Å². The molecule has 0 spiro atoms. The lowest BCUT2D eigenvalue weighted by Gasteiger charge is -2.23. The number of amides is 1. The fourth-order valence-corrected chi connectivity index (χ4v) is 1.95. The molecule has 5 heteroatoms. The summed E-state index contributed by atoms with van der Waals surface area (Å²) < 4.78 is 0. The largest absolute Gasteiger partial charge is 0.508 e. The van der Waals surface area contributed by atoms with E-state index in [9.17, 15) is 9.90 Å². The van der Waals surface area contributed by atoms with E-state index < -0.39 is 0 Å². The van der Waals surface area contributed by atoms with Gasteiger partial charge in [-0.05, 0) is 31.5 Å². The monoisotopic (exact) mass is 236 g/mol. The van der Waals surface area contributed by atoms with Crippen LogP contribution in [0, 0.1) is 0 Å². The van der Waals surface area contributed by atoms with E-state index >= 15 is 0 Å². The normalized spacial score (nSPS) is 19.9. The Bertz CT molecular complexity index is 414. The Morgan fingerprint density at radius 1 is 1.41 bits per heavy atom. The van der Waals surface area contributed by atoms with E-state index in [2.05, 4.69) is 10.6 Å². The van der Waals surface area contributed by atoms with Gasteiger partial charge >= 0.3 is 0 Å². The number of benzene rings is 1. The smallest absolute Gasteiger partial charge is 0.255 e. The molecule has 1 heterocycles. The van der Waals surface area contributed by atoms with E-state index in [1.165, 1.54) is 12.1 Å². The van der Waals surface area contributed by atoms with Gasteiger partial charge in [0.1, 0.15) is 11.5 Å². The van der Waals surface area contributed by atoms with Crippen molar-refractivity contribution in [1.29, 1.82) is 0 Å². The Labute approximate surface area is 99.5 Å². The van der Waals surface area contributed by atoms with Crippen molar-refractivity contribution >= 4 is 5.91 Å². The van der Waals surface area contributed by atoms with Crippen LogP contribution in [0.2, 0.25) is 0 Å². The second kappa shape index (κ2) is 5.05. The molecule has 1 fully saturated rings. The van der Waals surface area contributed by atoms with Gasteiger partial charge in [-0.1, -0.05) is 0 Å². The number of phenolic OH excluding ortho intramolecular Hbond substituents is 2. The van der Waals surface area contributed by atoms with Crippen LogP contribution in [0.4, 0.5) is 0 Å². The maximum absolute atomic E-state index is 11.9. The molecular weight excluding hydrogens is 220 g/mol. The number of aromatic hydroxyl groups is 2. The average molecular weight is 236 g/mol. The predicted octanol–water partition coefficient (Wildman–Crippen LogP) is 0.580. The first-order valence-corrected chi connectivity index (χ1v) is 5.70. The van der Waals surface area contributed by atoms with Crippen LogP contribution in [0.3, 0.4) is 0 Å². The Morgan fingerprint density at radius 3 is 2.88 bits per heavy atom. The molecule has 0 aromatic heterocycles. The summed E-state index contributed by atoms with van der Waals surface area (Å²) >= 11 is 0. The van der Waals surface area contributed by atoms with E-state index in [1.807, 2.05) is 0 Å². The van der Waals surface area contributed by atoms with Crippen molar-refractivity contribution < 1.29 is 15.0 Å². The zero-order valence-electron chi connectivity index (χ0n) is 9.44. The molecule has 4 N–H and O–H groups in total. The molecule has 1 aliphatic heterocycles. The van der Waals surface area contributed by atoms with Crippen molar-refractivity contribution in [2.75, 3.05) is 13.1 Å². The van der Waals surface area contributed by atoms with Gasteiger partial charge in [0.15, 0.2) is 0 Å². The highest BCUT2D eigenvalue weighted by Crippen LogP contribution is 2.22. The van der Waals surface area contributed by atoms with Crippen molar-refractivity contribution in [2.45, 2.75) is 18.9 Å². The minimum atomic E-state index is -0.309. The van der Waals surface area contributed by atoms with Crippen LogP contribution in [0.1, 0.15) is 23.2 Å². The predicted molar refractivity (Wildman–Crippen MR) is 63.1 cm³/mol. The summed E-state index contributed by atoms with van der Waals surface area (Å²) in [6.07, 6.45) is 1.98. The van der Waals surface area contributed by atoms with Crippen LogP contribution in [-0.4, -0.2) is 35.3 Å². The fraction of sp³-hybridized carbons (Fsp3) is 0.417. The number of hydrogen-bond acceptors (Lipinski definition) is 4. The molecular formula is C12H16N2O3. The van der Waals surface area contributed by atoms with Crippen molar-refractivity contribution in [3.63, 3.8) is 0 Å². The van der Waals surface area contributed by atoms with Crippen molar-refractivity contribution in [3.8, 4) is 11.5 Å². The molecule has 0 bridgehead atoms. The molecule has 1 unspecified atom stereocenters. The topological polar surface area (TPSA) is 81.6 Å². The molecule has 1 aromatic carbocycles. The summed E-state index contributed by atoms with van der Waals surface area (Å²) in [5, 5.41) is 24.7. The summed E-state index contributed by atoms with van der Waals surface area (Å²) in [4.78, 5) is 11.9. The standard InChI is InChI=1S/C12H16N2O3/c15-9-3-4-10(11(16)6-9)12(17)14-8-2-1-5-13-7-8/h3-4,6,8,13,15-16H,1-2,5,7H2,(H,14,17). The summed E-state index contributed by atoms with van der Waals surface area (Å²) in [6, 6.07) is 4.06. The van der Waals surface area contributed by atoms with Gasteiger partial charge in [-0.3, -0.25) is 4.79 Å². The number of rotatable bonds is 2. The van der Waals surface area contributed by atoms with Crippen LogP contribution in [0.15, 0.2) is 18.2 Å². The molecule has 0 radical (unpaired) electrons. The second-order valence-corrected chi connectivity index (χ2v) is 4.22. The van der Waals surface area contributed by atoms with E-state index in [0.29, 0.717) is 0 Å². The highest BCUT2D eigenvalue weighted by Gasteiger charge is 2.18. The lowest BCUT2D eigenvalue weighted by Crippen LogP contribution is -2.45. The molecule has 1 aliphatic rings. The van der Waals surface area contributed by atoms with Gasteiger partial charge in [0, 0.05) is 18.7 Å². The lowest BCUT2D eigenvalue weighted by atomic mass is 10.1. The third kappa shape index (κ3) is 2.88. The number of phenols is 2. The number of carbonyl (C=O) groups excluding carboxylic acids is 1. The van der Waals surface area contributed by atoms with Crippen LogP contribution in [0.5, 0.6) is 11.5 Å². The Kier molecular flexibility index (Phi) is 3.49. The quantitative estimate of drug-likeness (QED) is 0.605. The zero-order valence-corrected chi connectivity index (χ0v) is 9.44. The third-order valence-corrected chi connectivity index (χ3v) is 2.86. The van der Waals surface area contributed by atoms with Crippen LogP contribution >= 0.6 is 0 Å². The maximum atomic E-state index is 11.9. The average Bonchev–Trinajstić information content (AvgIpc) is 2.30. The first kappa shape index (κ1) is 11.7. The van der Waals surface area contributed by atoms with Crippen molar-refractivity contribution in [1.82, 2.24) is 10.6 Å². The molecule has 0 saturated carbocycles. The number of nitrogens with one attached hydrogen (secondary N) is 2.